The van der Waals surface area contributed by atoms with Crippen LogP contribution in [0.15, 0.2) is 0 Å². The zero-order chi connectivity index (χ0) is 8.48. The van der Waals surface area contributed by atoms with Crippen molar-refractivity contribution >= 4 is 15.9 Å². The van der Waals surface area contributed by atoms with Gasteiger partial charge in [0.2, 0.25) is 0 Å². The van der Waals surface area contributed by atoms with Crippen molar-refractivity contribution in [1.29, 1.82) is 0 Å². The maximum atomic E-state index is 3.75. The average molecular weight is 219 g/mol. The summed E-state index contributed by atoms with van der Waals surface area (Å²) < 4.78 is 0. The van der Waals surface area contributed by atoms with E-state index in [4.69, 9.17) is 0 Å². The molecule has 1 fully saturated rings. The predicted molar refractivity (Wildman–Crippen MR) is 54.1 cm³/mol. The maximum Gasteiger partial charge on any atom is 0.0194 e. The van der Waals surface area contributed by atoms with E-state index in [0.29, 0.717) is 10.2 Å². The summed E-state index contributed by atoms with van der Waals surface area (Å²) in [5.41, 5.74) is 0.439. The van der Waals surface area contributed by atoms with Crippen LogP contribution in [0.5, 0.6) is 0 Å². The van der Waals surface area contributed by atoms with E-state index in [9.17, 15) is 0 Å². The molecule has 1 heteroatoms. The van der Waals surface area contributed by atoms with E-state index >= 15 is 0 Å². The van der Waals surface area contributed by atoms with Crippen molar-refractivity contribution in [2.24, 2.45) is 11.3 Å². The number of alkyl halides is 1. The summed E-state index contributed by atoms with van der Waals surface area (Å²) in [5, 5.41) is 0. The van der Waals surface area contributed by atoms with E-state index in [1.54, 1.807) is 0 Å². The van der Waals surface area contributed by atoms with Gasteiger partial charge in [-0.2, -0.15) is 0 Å². The van der Waals surface area contributed by atoms with Gasteiger partial charge < -0.3 is 0 Å². The normalized spacial score (nSPS) is 21.8. The molecule has 0 bridgehead atoms. The summed E-state index contributed by atoms with van der Waals surface area (Å²) in [6.07, 6.45) is 5.77. The van der Waals surface area contributed by atoms with Gasteiger partial charge in [0, 0.05) is 4.83 Å². The van der Waals surface area contributed by atoms with Crippen LogP contribution in [0.1, 0.15) is 46.5 Å². The fourth-order valence-corrected chi connectivity index (χ4v) is 1.49. The second kappa shape index (κ2) is 3.47. The average Bonchev–Trinajstić information content (AvgIpc) is 2.62. The molecule has 0 aliphatic heterocycles. The molecule has 1 aliphatic carbocycles. The largest absolute Gasteiger partial charge is 0.0885 e. The van der Waals surface area contributed by atoms with Gasteiger partial charge in [0.1, 0.15) is 0 Å². The van der Waals surface area contributed by atoms with Crippen LogP contribution in [-0.2, 0) is 0 Å². The maximum absolute atomic E-state index is 3.75. The Bertz CT molecular complexity index is 119. The predicted octanol–water partition coefficient (Wildman–Crippen LogP) is 3.99. The first kappa shape index (κ1) is 9.57. The van der Waals surface area contributed by atoms with E-state index in [0.717, 1.165) is 5.92 Å². The summed E-state index contributed by atoms with van der Waals surface area (Å²) in [5.74, 6) is 1.08. The SMILES string of the molecule is CC(C)(C)C(Br)CCC1CC1. The summed E-state index contributed by atoms with van der Waals surface area (Å²) >= 11 is 3.75. The third-order valence-electron chi connectivity index (χ3n) is 2.46. The van der Waals surface area contributed by atoms with Crippen LogP contribution in [0.2, 0.25) is 0 Å². The van der Waals surface area contributed by atoms with Gasteiger partial charge in [-0.3, -0.25) is 0 Å². The van der Waals surface area contributed by atoms with Gasteiger partial charge in [-0.25, -0.2) is 0 Å². The number of hydrogen-bond donors (Lipinski definition) is 0. The lowest BCUT2D eigenvalue weighted by Crippen LogP contribution is -2.20. The third kappa shape index (κ3) is 3.59. The van der Waals surface area contributed by atoms with Crippen LogP contribution in [-0.4, -0.2) is 4.83 Å². The highest BCUT2D eigenvalue weighted by atomic mass is 79.9. The minimum absolute atomic E-state index is 0.439. The molecule has 0 N–H and O–H groups in total. The Hall–Kier alpha value is 0.480. The van der Waals surface area contributed by atoms with Crippen molar-refractivity contribution in [2.45, 2.75) is 51.3 Å². The molecule has 0 saturated heterocycles. The van der Waals surface area contributed by atoms with Crippen molar-refractivity contribution in [1.82, 2.24) is 0 Å². The minimum Gasteiger partial charge on any atom is -0.0885 e. The lowest BCUT2D eigenvalue weighted by atomic mass is 9.89. The monoisotopic (exact) mass is 218 g/mol. The van der Waals surface area contributed by atoms with Crippen molar-refractivity contribution in [3.8, 4) is 0 Å². The molecule has 1 unspecified atom stereocenters. The summed E-state index contributed by atoms with van der Waals surface area (Å²) in [4.78, 5) is 0.704. The molecule has 0 nitrogen and oxygen atoms in total. The van der Waals surface area contributed by atoms with Gasteiger partial charge >= 0.3 is 0 Å². The van der Waals surface area contributed by atoms with E-state index in [1.165, 1.54) is 25.7 Å². The molecule has 0 radical (unpaired) electrons. The van der Waals surface area contributed by atoms with E-state index in [1.807, 2.05) is 0 Å². The topological polar surface area (TPSA) is 0 Å². The summed E-state index contributed by atoms with van der Waals surface area (Å²) in [7, 11) is 0. The fraction of sp³-hybridized carbons (Fsp3) is 1.00. The smallest absolute Gasteiger partial charge is 0.0194 e. The van der Waals surface area contributed by atoms with Gasteiger partial charge in [-0.05, 0) is 24.2 Å². The third-order valence-corrected chi connectivity index (χ3v) is 4.30. The van der Waals surface area contributed by atoms with Gasteiger partial charge in [0.25, 0.3) is 0 Å². The zero-order valence-corrected chi connectivity index (χ0v) is 9.45. The second-order valence-electron chi connectivity index (χ2n) is 4.85. The van der Waals surface area contributed by atoms with Crippen LogP contribution < -0.4 is 0 Å². The van der Waals surface area contributed by atoms with Crippen LogP contribution >= 0.6 is 15.9 Å². The zero-order valence-electron chi connectivity index (χ0n) is 7.86. The Morgan fingerprint density at radius 2 is 1.91 bits per heavy atom. The summed E-state index contributed by atoms with van der Waals surface area (Å²) in [6, 6.07) is 0. The van der Waals surface area contributed by atoms with E-state index in [2.05, 4.69) is 36.7 Å². The first-order valence-corrected chi connectivity index (χ1v) is 5.56. The highest BCUT2D eigenvalue weighted by molar-refractivity contribution is 9.09. The Labute approximate surface area is 78.9 Å². The number of rotatable bonds is 3. The molecule has 0 aromatic rings. The molecular weight excluding hydrogens is 200 g/mol. The van der Waals surface area contributed by atoms with Crippen molar-refractivity contribution in [3.63, 3.8) is 0 Å². The van der Waals surface area contributed by atoms with Gasteiger partial charge in [-0.1, -0.05) is 49.5 Å². The fourth-order valence-electron chi connectivity index (χ4n) is 1.22. The second-order valence-corrected chi connectivity index (χ2v) is 5.96. The molecule has 0 aromatic carbocycles. The first-order valence-electron chi connectivity index (χ1n) is 4.64. The molecule has 11 heavy (non-hydrogen) atoms. The van der Waals surface area contributed by atoms with Crippen molar-refractivity contribution in [3.05, 3.63) is 0 Å². The van der Waals surface area contributed by atoms with E-state index in [-0.39, 0.29) is 0 Å². The standard InChI is InChI=1S/C10H19Br/c1-10(2,3)9(11)7-6-8-4-5-8/h8-9H,4-7H2,1-3H3. The molecule has 0 spiro atoms. The number of hydrogen-bond acceptors (Lipinski definition) is 0. The Morgan fingerprint density at radius 1 is 1.36 bits per heavy atom. The molecule has 1 aliphatic rings. The molecule has 66 valence electrons. The molecule has 1 rings (SSSR count). The van der Waals surface area contributed by atoms with Crippen LogP contribution in [0.4, 0.5) is 0 Å². The van der Waals surface area contributed by atoms with Crippen LogP contribution in [0.3, 0.4) is 0 Å². The first-order chi connectivity index (χ1) is 5.00. The van der Waals surface area contributed by atoms with Crippen LogP contribution in [0, 0.1) is 11.3 Å². The molecule has 0 heterocycles. The highest BCUT2D eigenvalue weighted by Gasteiger charge is 2.26. The van der Waals surface area contributed by atoms with Crippen molar-refractivity contribution in [2.75, 3.05) is 0 Å². The lowest BCUT2D eigenvalue weighted by molar-refractivity contribution is 0.375. The summed E-state index contributed by atoms with van der Waals surface area (Å²) in [6.45, 7) is 6.91. The molecule has 0 aromatic heterocycles. The Morgan fingerprint density at radius 3 is 2.27 bits per heavy atom. The molecule has 0 amide bonds. The molecule has 1 saturated carbocycles. The van der Waals surface area contributed by atoms with Crippen LogP contribution in [0.25, 0.3) is 0 Å². The Kier molecular flexibility index (Phi) is 3.02. The van der Waals surface area contributed by atoms with Crippen molar-refractivity contribution < 1.29 is 0 Å². The number of halogens is 1. The lowest BCUT2D eigenvalue weighted by Gasteiger charge is -2.25. The van der Waals surface area contributed by atoms with Gasteiger partial charge in [0.05, 0.1) is 0 Å². The highest BCUT2D eigenvalue weighted by Crippen LogP contribution is 2.37. The Balaban J connectivity index is 2.13. The molecule has 1 atom stereocenters. The van der Waals surface area contributed by atoms with Gasteiger partial charge in [-0.15, -0.1) is 0 Å². The quantitative estimate of drug-likeness (QED) is 0.629. The minimum atomic E-state index is 0.439. The molecular formula is C10H19Br. The van der Waals surface area contributed by atoms with Gasteiger partial charge in [0.15, 0.2) is 0 Å². The van der Waals surface area contributed by atoms with E-state index < -0.39 is 0 Å².